The van der Waals surface area contributed by atoms with Crippen LogP contribution in [0.5, 0.6) is 0 Å². The number of carboxylic acid groups (broad SMARTS) is 1. The van der Waals surface area contributed by atoms with E-state index in [2.05, 4.69) is 25.7 Å². The highest BCUT2D eigenvalue weighted by atomic mass is 19.4. The Hall–Kier alpha value is -3.96. The van der Waals surface area contributed by atoms with Gasteiger partial charge < -0.3 is 15.7 Å². The molecule has 1 amide bonds. The molecule has 3 heterocycles. The zero-order chi connectivity index (χ0) is 25.2. The van der Waals surface area contributed by atoms with Crippen molar-refractivity contribution in [1.82, 2.24) is 19.7 Å². The molecule has 1 aliphatic carbocycles. The van der Waals surface area contributed by atoms with Gasteiger partial charge in [0.25, 0.3) is 0 Å². The van der Waals surface area contributed by atoms with Gasteiger partial charge in [-0.25, -0.2) is 9.97 Å². The van der Waals surface area contributed by atoms with Gasteiger partial charge in [0.05, 0.1) is 29.4 Å². The number of anilines is 3. The number of alkyl halides is 3. The average molecular weight is 488 g/mol. The third-order valence-corrected chi connectivity index (χ3v) is 5.81. The Morgan fingerprint density at radius 3 is 2.51 bits per heavy atom. The molecule has 0 saturated heterocycles. The van der Waals surface area contributed by atoms with Crippen LogP contribution in [0, 0.1) is 5.92 Å². The van der Waals surface area contributed by atoms with Gasteiger partial charge in [-0.2, -0.15) is 18.3 Å². The maximum atomic E-state index is 13.1. The van der Waals surface area contributed by atoms with Crippen molar-refractivity contribution in [1.29, 1.82) is 0 Å². The normalized spacial score (nSPS) is 18.2. The molecule has 1 saturated carbocycles. The van der Waals surface area contributed by atoms with E-state index >= 15 is 0 Å². The topological polar surface area (TPSA) is 122 Å². The lowest BCUT2D eigenvalue weighted by Crippen LogP contribution is -2.23. The Morgan fingerprint density at radius 1 is 1.11 bits per heavy atom. The molecule has 0 bridgehead atoms. The van der Waals surface area contributed by atoms with Crippen LogP contribution in [0.4, 0.5) is 30.5 Å². The first kappa shape index (κ1) is 24.2. The van der Waals surface area contributed by atoms with Crippen LogP contribution in [0.25, 0.3) is 11.3 Å². The van der Waals surface area contributed by atoms with Crippen molar-refractivity contribution in [3.8, 4) is 11.3 Å². The summed E-state index contributed by atoms with van der Waals surface area (Å²) in [6, 6.07) is 4.93. The van der Waals surface area contributed by atoms with Crippen LogP contribution < -0.4 is 10.6 Å². The zero-order valence-electron chi connectivity index (χ0n) is 18.7. The fourth-order valence-corrected chi connectivity index (χ4v) is 4.08. The van der Waals surface area contributed by atoms with Gasteiger partial charge in [0.15, 0.2) is 0 Å². The quantitative estimate of drug-likeness (QED) is 0.452. The van der Waals surface area contributed by atoms with E-state index in [0.29, 0.717) is 42.6 Å². The first-order valence-electron chi connectivity index (χ1n) is 11.0. The van der Waals surface area contributed by atoms with Gasteiger partial charge in [-0.1, -0.05) is 0 Å². The number of aliphatic carboxylic acids is 1. The summed E-state index contributed by atoms with van der Waals surface area (Å²) in [5.41, 5.74) is 0.618. The summed E-state index contributed by atoms with van der Waals surface area (Å²) in [7, 11) is 0. The largest absolute Gasteiger partial charge is 0.481 e. The third-order valence-electron chi connectivity index (χ3n) is 5.81. The van der Waals surface area contributed by atoms with Gasteiger partial charge in [-0.05, 0) is 43.9 Å². The molecule has 9 nitrogen and oxygen atoms in total. The molecule has 3 N–H and O–H groups in total. The van der Waals surface area contributed by atoms with Gasteiger partial charge in [0.1, 0.15) is 11.6 Å². The van der Waals surface area contributed by atoms with Gasteiger partial charge in [0, 0.05) is 36.6 Å². The predicted octanol–water partition coefficient (Wildman–Crippen LogP) is 4.88. The Balaban J connectivity index is 1.59. The number of carbonyl (C=O) groups is 2. The fourth-order valence-electron chi connectivity index (χ4n) is 4.08. The van der Waals surface area contributed by atoms with Gasteiger partial charge in [-0.3, -0.25) is 14.3 Å². The molecule has 0 aromatic carbocycles. The highest BCUT2D eigenvalue weighted by Gasteiger charge is 2.31. The van der Waals surface area contributed by atoms with Crippen molar-refractivity contribution >= 4 is 29.2 Å². The van der Waals surface area contributed by atoms with Crippen molar-refractivity contribution in [3.05, 3.63) is 48.4 Å². The minimum absolute atomic E-state index is 0.0517. The van der Waals surface area contributed by atoms with E-state index in [9.17, 15) is 27.9 Å². The summed E-state index contributed by atoms with van der Waals surface area (Å²) >= 11 is 0. The fraction of sp³-hybridized carbons (Fsp3) is 0.348. The Morgan fingerprint density at radius 2 is 1.86 bits per heavy atom. The standard InChI is InChI=1S/C23H23F3N6O3/c1-13(33)29-17-9-19(15-11-28-32(12-15)18-4-2-14(3-5-18)22(34)35)30-21(10-17)31-20-8-16(6-7-27-20)23(24,25)26/h6-12,14,18H,2-5H2,1H3,(H,34,35)(H2,27,29,30,31,33). The lowest BCUT2D eigenvalue weighted by atomic mass is 9.86. The van der Waals surface area contributed by atoms with E-state index in [1.54, 1.807) is 23.1 Å². The van der Waals surface area contributed by atoms with E-state index in [1.165, 1.54) is 13.0 Å². The number of amides is 1. The van der Waals surface area contributed by atoms with E-state index in [-0.39, 0.29) is 29.5 Å². The minimum atomic E-state index is -4.52. The molecule has 0 unspecified atom stereocenters. The Bertz CT molecular complexity index is 1240. The molecule has 0 spiro atoms. The number of aromatic nitrogens is 4. The number of hydrogen-bond donors (Lipinski definition) is 3. The van der Waals surface area contributed by atoms with Gasteiger partial charge >= 0.3 is 12.1 Å². The van der Waals surface area contributed by atoms with Crippen molar-refractivity contribution in [2.75, 3.05) is 10.6 Å². The first-order chi connectivity index (χ1) is 16.6. The van der Waals surface area contributed by atoms with Crippen LogP contribution in [0.1, 0.15) is 44.2 Å². The SMILES string of the molecule is CC(=O)Nc1cc(Nc2cc(C(F)(F)F)ccn2)nc(-c2cnn(C3CCC(C(=O)O)CC3)c2)c1. The summed E-state index contributed by atoms with van der Waals surface area (Å²) in [5, 5.41) is 19.0. The van der Waals surface area contributed by atoms with Crippen molar-refractivity contribution < 1.29 is 27.9 Å². The molecule has 12 heteroatoms. The molecule has 1 fully saturated rings. The summed E-state index contributed by atoms with van der Waals surface area (Å²) in [6.07, 6.45) is 2.44. The molecule has 1 aliphatic rings. The second-order valence-corrected chi connectivity index (χ2v) is 8.41. The molecule has 4 rings (SSSR count). The number of nitrogens with one attached hydrogen (secondary N) is 2. The highest BCUT2D eigenvalue weighted by molar-refractivity contribution is 5.90. The lowest BCUT2D eigenvalue weighted by Gasteiger charge is -2.26. The molecule has 0 atom stereocenters. The van der Waals surface area contributed by atoms with Crippen LogP contribution in [-0.2, 0) is 15.8 Å². The summed E-state index contributed by atoms with van der Waals surface area (Å²) < 4.78 is 41.0. The highest BCUT2D eigenvalue weighted by Crippen LogP contribution is 2.34. The molecule has 184 valence electrons. The second kappa shape index (κ2) is 9.72. The van der Waals surface area contributed by atoms with Crippen molar-refractivity contribution in [2.24, 2.45) is 5.92 Å². The maximum absolute atomic E-state index is 13.1. The molecule has 0 radical (unpaired) electrons. The lowest BCUT2D eigenvalue weighted by molar-refractivity contribution is -0.143. The molecule has 3 aromatic rings. The summed E-state index contributed by atoms with van der Waals surface area (Å²) in [4.78, 5) is 31.2. The monoisotopic (exact) mass is 488 g/mol. The smallest absolute Gasteiger partial charge is 0.416 e. The molecule has 35 heavy (non-hydrogen) atoms. The number of pyridine rings is 2. The van der Waals surface area contributed by atoms with Crippen LogP contribution >= 0.6 is 0 Å². The Kier molecular flexibility index (Phi) is 6.72. The maximum Gasteiger partial charge on any atom is 0.416 e. The van der Waals surface area contributed by atoms with Gasteiger partial charge in [0.2, 0.25) is 5.91 Å². The average Bonchev–Trinajstić information content (AvgIpc) is 3.29. The van der Waals surface area contributed by atoms with Crippen LogP contribution in [0.3, 0.4) is 0 Å². The Labute approximate surface area is 198 Å². The van der Waals surface area contributed by atoms with Crippen LogP contribution in [-0.4, -0.2) is 36.7 Å². The van der Waals surface area contributed by atoms with E-state index < -0.39 is 17.7 Å². The number of carbonyl (C=O) groups excluding carboxylic acids is 1. The van der Waals surface area contributed by atoms with E-state index in [1.807, 2.05) is 0 Å². The number of halogens is 3. The number of nitrogens with zero attached hydrogens (tertiary/aromatic N) is 4. The molecule has 0 aliphatic heterocycles. The minimum Gasteiger partial charge on any atom is -0.481 e. The van der Waals surface area contributed by atoms with Crippen molar-refractivity contribution in [3.63, 3.8) is 0 Å². The third kappa shape index (κ3) is 5.94. The summed E-state index contributed by atoms with van der Waals surface area (Å²) in [6.45, 7) is 1.34. The van der Waals surface area contributed by atoms with Crippen LogP contribution in [0.2, 0.25) is 0 Å². The molecular formula is C23H23F3N6O3. The van der Waals surface area contributed by atoms with Crippen LogP contribution in [0.15, 0.2) is 42.9 Å². The van der Waals surface area contributed by atoms with Gasteiger partial charge in [-0.15, -0.1) is 0 Å². The molecular weight excluding hydrogens is 465 g/mol. The number of carboxylic acids is 1. The number of hydrogen-bond acceptors (Lipinski definition) is 6. The molecule has 3 aromatic heterocycles. The zero-order valence-corrected chi connectivity index (χ0v) is 18.7. The second-order valence-electron chi connectivity index (χ2n) is 8.41. The van der Waals surface area contributed by atoms with E-state index in [4.69, 9.17) is 0 Å². The van der Waals surface area contributed by atoms with Crippen molar-refractivity contribution in [2.45, 2.75) is 44.8 Å². The predicted molar refractivity (Wildman–Crippen MR) is 121 cm³/mol. The van der Waals surface area contributed by atoms with E-state index in [0.717, 1.165) is 18.3 Å². The summed E-state index contributed by atoms with van der Waals surface area (Å²) in [5.74, 6) is -1.30. The number of rotatable bonds is 6. The first-order valence-corrected chi connectivity index (χ1v) is 11.0.